The first-order chi connectivity index (χ1) is 31.6. The Morgan fingerprint density at radius 3 is 1.24 bits per heavy atom. The lowest BCUT2D eigenvalue weighted by atomic mass is 9.66. The number of carboxylic acids is 1. The third-order valence-electron chi connectivity index (χ3n) is 12.6. The van der Waals surface area contributed by atoms with Gasteiger partial charge < -0.3 is 29.3 Å². The Bertz CT molecular complexity index is 2650. The number of aliphatic carboxylic acids is 1. The summed E-state index contributed by atoms with van der Waals surface area (Å²) < 4.78 is 97.5. The Morgan fingerprint density at radius 1 is 0.567 bits per heavy atom. The molecule has 2 saturated carbocycles. The van der Waals surface area contributed by atoms with E-state index in [9.17, 15) is 35.9 Å². The predicted molar refractivity (Wildman–Crippen MR) is 236 cm³/mol. The molecule has 18 heteroatoms. The Balaban J connectivity index is 0.000000199. The maximum absolute atomic E-state index is 13.6. The number of rotatable bonds is 14. The number of benzene rings is 2. The molecule has 6 aromatic rings. The summed E-state index contributed by atoms with van der Waals surface area (Å²) in [6.45, 7) is 6.88. The van der Waals surface area contributed by atoms with E-state index in [0.29, 0.717) is 58.5 Å². The molecule has 3 N–H and O–H groups in total. The molecule has 0 atom stereocenters. The predicted octanol–water partition coefficient (Wildman–Crippen LogP) is 11.3. The smallest absolute Gasteiger partial charge is 0.399 e. The van der Waals surface area contributed by atoms with Gasteiger partial charge in [-0.3, -0.25) is 19.6 Å². The highest BCUT2D eigenvalue weighted by Gasteiger charge is 2.61. The van der Waals surface area contributed by atoms with Crippen molar-refractivity contribution < 1.29 is 55.2 Å². The number of ether oxygens (including phenoxy) is 3. The second-order valence-corrected chi connectivity index (χ2v) is 18.2. The van der Waals surface area contributed by atoms with Gasteiger partial charge in [0.15, 0.2) is 0 Å². The summed E-state index contributed by atoms with van der Waals surface area (Å²) in [5, 5.41) is 9.16. The number of methoxy groups -OCH3 is 1. The largest absolute Gasteiger partial charge is 0.492 e. The summed E-state index contributed by atoms with van der Waals surface area (Å²) in [5.74, 6) is 0.579. The lowest BCUT2D eigenvalue weighted by Gasteiger charge is -2.42. The highest BCUT2D eigenvalue weighted by molar-refractivity contribution is 5.76. The first-order valence-electron chi connectivity index (χ1n) is 21.5. The van der Waals surface area contributed by atoms with Gasteiger partial charge in [0.2, 0.25) is 0 Å². The van der Waals surface area contributed by atoms with Crippen molar-refractivity contribution in [2.75, 3.05) is 20.3 Å². The molecule has 2 aliphatic carbocycles. The zero-order valence-corrected chi connectivity index (χ0v) is 37.4. The lowest BCUT2D eigenvalue weighted by molar-refractivity contribution is -0.214. The number of hydrogen-bond acceptors (Lipinski definition) is 9. The topological polar surface area (TPSA) is 165 Å². The molecule has 0 aliphatic heterocycles. The molecule has 0 saturated heterocycles. The lowest BCUT2D eigenvalue weighted by Crippen LogP contribution is -2.48. The molecule has 4 heterocycles. The van der Waals surface area contributed by atoms with E-state index in [1.807, 2.05) is 12.1 Å². The molecular weight excluding hydrogens is 883 g/mol. The number of carboxylic acid groups (broad SMARTS) is 1. The number of halogens is 6. The number of aromatic nitrogens is 6. The zero-order valence-electron chi connectivity index (χ0n) is 37.4. The molecule has 2 aromatic carbocycles. The average molecular weight is 933 g/mol. The molecule has 2 fully saturated rings. The number of carbonyl (C=O) groups excluding carboxylic acids is 1. The molecule has 354 valence electrons. The van der Waals surface area contributed by atoms with Crippen LogP contribution < -0.4 is 9.47 Å². The summed E-state index contributed by atoms with van der Waals surface area (Å²) in [4.78, 5) is 45.9. The standard InChI is InChI=1S/C25H26F3N3O3.C24H24F3N3O3/c1-23(2,22(32)33-3)15-34-18-8-5-16(6-9-18)19-10-7-17(13-29-19)21-30-14-20(31-21)24(11-4-12-24)25(26,27)28;1-22(2,21(31)32)14-33-17-7-4-15(5-8-17)18-9-6-16(12-28-18)20-29-13-19(30-20)23(10-3-11-23)24(25,26)27/h5-10,13-14H,4,11-12,15H2,1-3H3,(H,30,31);4-9,12-13H,3,10-11,14H2,1-2H3,(H,29,30)(H,31,32). The number of aromatic amines is 2. The van der Waals surface area contributed by atoms with E-state index >= 15 is 0 Å². The van der Waals surface area contributed by atoms with Crippen LogP contribution in [0.1, 0.15) is 77.6 Å². The third-order valence-corrected chi connectivity index (χ3v) is 12.6. The van der Waals surface area contributed by atoms with Crippen LogP contribution in [0, 0.1) is 10.8 Å². The number of imidazole rings is 2. The number of hydrogen-bond donors (Lipinski definition) is 3. The molecule has 0 spiro atoms. The number of nitrogens with one attached hydrogen (secondary N) is 2. The SMILES string of the molecule is CC(C)(COc1ccc(-c2ccc(-c3ncc(C4(C(F)(F)F)CCC4)[nH]3)cn2)cc1)C(=O)O.COC(=O)C(C)(C)COc1ccc(-c2ccc(-c3ncc(C4(C(F)(F)F)CCC4)[nH]3)cn2)cc1. The molecule has 0 amide bonds. The van der Waals surface area contributed by atoms with Crippen LogP contribution in [0.4, 0.5) is 26.3 Å². The van der Waals surface area contributed by atoms with E-state index < -0.39 is 40.0 Å². The van der Waals surface area contributed by atoms with Gasteiger partial charge >= 0.3 is 24.3 Å². The summed E-state index contributed by atoms with van der Waals surface area (Å²) in [6, 6.07) is 21.4. The maximum Gasteiger partial charge on any atom is 0.399 e. The second-order valence-electron chi connectivity index (χ2n) is 18.2. The van der Waals surface area contributed by atoms with Crippen LogP contribution in [0.2, 0.25) is 0 Å². The van der Waals surface area contributed by atoms with E-state index in [1.54, 1.807) is 101 Å². The van der Waals surface area contributed by atoms with Gasteiger partial charge in [-0.15, -0.1) is 0 Å². The Labute approximate surface area is 382 Å². The number of carbonyl (C=O) groups is 2. The Kier molecular flexibility index (Phi) is 13.3. The minimum absolute atomic E-state index is 0.0371. The molecule has 0 bridgehead atoms. The third kappa shape index (κ3) is 10.0. The van der Waals surface area contributed by atoms with Crippen molar-refractivity contribution in [1.29, 1.82) is 0 Å². The highest BCUT2D eigenvalue weighted by Crippen LogP contribution is 2.55. The van der Waals surface area contributed by atoms with Gasteiger partial charge in [0.1, 0.15) is 47.2 Å². The van der Waals surface area contributed by atoms with Crippen molar-refractivity contribution in [3.63, 3.8) is 0 Å². The molecule has 67 heavy (non-hydrogen) atoms. The van der Waals surface area contributed by atoms with E-state index in [4.69, 9.17) is 19.3 Å². The second kappa shape index (κ2) is 18.5. The van der Waals surface area contributed by atoms with Gasteiger partial charge in [-0.25, -0.2) is 9.97 Å². The highest BCUT2D eigenvalue weighted by atomic mass is 19.4. The van der Waals surface area contributed by atoms with Crippen LogP contribution in [0.3, 0.4) is 0 Å². The van der Waals surface area contributed by atoms with E-state index in [2.05, 4.69) is 29.9 Å². The van der Waals surface area contributed by atoms with E-state index in [-0.39, 0.29) is 56.3 Å². The van der Waals surface area contributed by atoms with Gasteiger partial charge in [0, 0.05) is 47.0 Å². The van der Waals surface area contributed by atoms with Gasteiger partial charge in [0.25, 0.3) is 0 Å². The summed E-state index contributed by atoms with van der Waals surface area (Å²) in [6.07, 6.45) is -1.49. The summed E-state index contributed by atoms with van der Waals surface area (Å²) >= 11 is 0. The summed E-state index contributed by atoms with van der Waals surface area (Å²) in [7, 11) is 1.34. The number of nitrogens with zero attached hydrogens (tertiary/aromatic N) is 4. The van der Waals surface area contributed by atoms with E-state index in [0.717, 1.165) is 11.1 Å². The number of pyridine rings is 2. The first kappa shape index (κ1) is 48.2. The normalized spacial score (nSPS) is 15.6. The van der Waals surface area contributed by atoms with Crippen molar-refractivity contribution in [3.8, 4) is 56.8 Å². The van der Waals surface area contributed by atoms with Crippen LogP contribution in [0.5, 0.6) is 11.5 Å². The molecule has 8 rings (SSSR count). The molecule has 12 nitrogen and oxygen atoms in total. The minimum Gasteiger partial charge on any atom is -0.492 e. The van der Waals surface area contributed by atoms with Crippen molar-refractivity contribution in [2.24, 2.45) is 10.8 Å². The van der Waals surface area contributed by atoms with Gasteiger partial charge in [-0.1, -0.05) is 12.8 Å². The monoisotopic (exact) mass is 932 g/mol. The zero-order chi connectivity index (χ0) is 48.4. The van der Waals surface area contributed by atoms with Crippen LogP contribution in [-0.4, -0.2) is 79.6 Å². The fraction of sp³-hybridized carbons (Fsp3) is 0.388. The van der Waals surface area contributed by atoms with Gasteiger partial charge in [0.05, 0.1) is 40.7 Å². The number of H-pyrrole nitrogens is 2. The first-order valence-corrected chi connectivity index (χ1v) is 21.5. The van der Waals surface area contributed by atoms with Crippen molar-refractivity contribution in [1.82, 2.24) is 29.9 Å². The average Bonchev–Trinajstić information content (AvgIpc) is 3.95. The van der Waals surface area contributed by atoms with Crippen LogP contribution in [0.15, 0.2) is 97.6 Å². The number of alkyl halides is 6. The van der Waals surface area contributed by atoms with Crippen LogP contribution in [0.25, 0.3) is 45.3 Å². The molecular formula is C49H50F6N6O6. The molecule has 0 radical (unpaired) electrons. The van der Waals surface area contributed by atoms with Crippen molar-refractivity contribution in [3.05, 3.63) is 109 Å². The molecule has 4 aromatic heterocycles. The fourth-order valence-corrected chi connectivity index (χ4v) is 7.67. The summed E-state index contributed by atoms with van der Waals surface area (Å²) in [5.41, 5.74) is -0.969. The molecule has 0 unspecified atom stereocenters. The van der Waals surface area contributed by atoms with E-state index in [1.165, 1.54) is 19.5 Å². The Morgan fingerprint density at radius 2 is 0.940 bits per heavy atom. The fourth-order valence-electron chi connectivity index (χ4n) is 7.67. The number of esters is 1. The van der Waals surface area contributed by atoms with Crippen LogP contribution in [-0.2, 0) is 25.2 Å². The van der Waals surface area contributed by atoms with Crippen molar-refractivity contribution in [2.45, 2.75) is 89.4 Å². The van der Waals surface area contributed by atoms with Crippen molar-refractivity contribution >= 4 is 11.9 Å². The maximum atomic E-state index is 13.6. The molecule has 2 aliphatic rings. The quantitative estimate of drug-likeness (QED) is 0.0707. The van der Waals surface area contributed by atoms with Crippen LogP contribution >= 0.6 is 0 Å². The van der Waals surface area contributed by atoms with Gasteiger partial charge in [-0.05, 0) is 126 Å². The van der Waals surface area contributed by atoms with Gasteiger partial charge in [-0.2, -0.15) is 26.3 Å². The minimum atomic E-state index is -4.31. The Hall–Kier alpha value is -6.72.